The molecule has 23 heavy (non-hydrogen) atoms. The smallest absolute Gasteiger partial charge is 0.268 e. The van der Waals surface area contributed by atoms with Crippen LogP contribution < -0.4 is 5.32 Å². The summed E-state index contributed by atoms with van der Waals surface area (Å²) in [7, 11) is 0. The summed E-state index contributed by atoms with van der Waals surface area (Å²) in [6.07, 6.45) is 1.62. The SMILES string of the molecule is Cc1nc(-c2c(Cl)cccc2Cl)sc1C(=O)Nc1ccccn1. The number of nitrogens with one attached hydrogen (secondary N) is 1. The van der Waals surface area contributed by atoms with Gasteiger partial charge in [-0.2, -0.15) is 0 Å². The second-order valence-electron chi connectivity index (χ2n) is 4.70. The van der Waals surface area contributed by atoms with Crippen LogP contribution >= 0.6 is 34.5 Å². The van der Waals surface area contributed by atoms with E-state index in [0.29, 0.717) is 37.0 Å². The van der Waals surface area contributed by atoms with Gasteiger partial charge in [0.1, 0.15) is 15.7 Å². The number of amides is 1. The van der Waals surface area contributed by atoms with Crippen molar-refractivity contribution in [1.82, 2.24) is 9.97 Å². The van der Waals surface area contributed by atoms with Gasteiger partial charge in [-0.25, -0.2) is 9.97 Å². The standard InChI is InChI=1S/C16H11Cl2N3OS/c1-9-14(15(22)21-12-7-2-3-8-19-12)23-16(20-9)13-10(17)5-4-6-11(13)18/h2-8H,1H3,(H,19,21,22). The van der Waals surface area contributed by atoms with E-state index in [4.69, 9.17) is 23.2 Å². The summed E-state index contributed by atoms with van der Waals surface area (Å²) < 4.78 is 0. The van der Waals surface area contributed by atoms with Crippen molar-refractivity contribution in [3.63, 3.8) is 0 Å². The Labute approximate surface area is 147 Å². The zero-order valence-electron chi connectivity index (χ0n) is 12.0. The van der Waals surface area contributed by atoms with E-state index in [1.807, 2.05) is 0 Å². The molecule has 3 rings (SSSR count). The van der Waals surface area contributed by atoms with E-state index >= 15 is 0 Å². The number of pyridine rings is 1. The van der Waals surface area contributed by atoms with Crippen molar-refractivity contribution in [3.05, 3.63) is 63.2 Å². The maximum atomic E-state index is 12.4. The van der Waals surface area contributed by atoms with Crippen molar-refractivity contribution in [2.24, 2.45) is 0 Å². The van der Waals surface area contributed by atoms with E-state index in [1.54, 1.807) is 49.5 Å². The van der Waals surface area contributed by atoms with Crippen LogP contribution in [0.5, 0.6) is 0 Å². The number of carbonyl (C=O) groups is 1. The third kappa shape index (κ3) is 3.37. The predicted octanol–water partition coefficient (Wildman–Crippen LogP) is 5.07. The second kappa shape index (κ2) is 6.66. The molecule has 0 saturated heterocycles. The number of thiazole rings is 1. The molecule has 7 heteroatoms. The third-order valence-corrected chi connectivity index (χ3v) is 4.89. The third-order valence-electron chi connectivity index (χ3n) is 3.09. The highest BCUT2D eigenvalue weighted by atomic mass is 35.5. The van der Waals surface area contributed by atoms with Crippen molar-refractivity contribution in [3.8, 4) is 10.6 Å². The molecule has 0 fully saturated rings. The lowest BCUT2D eigenvalue weighted by atomic mass is 10.2. The fraction of sp³-hybridized carbons (Fsp3) is 0.0625. The van der Waals surface area contributed by atoms with Crippen LogP contribution in [0.4, 0.5) is 5.82 Å². The highest BCUT2D eigenvalue weighted by Gasteiger charge is 2.19. The Morgan fingerprint density at radius 1 is 1.13 bits per heavy atom. The predicted molar refractivity (Wildman–Crippen MR) is 94.5 cm³/mol. The molecule has 0 aliphatic heterocycles. The Kier molecular flexibility index (Phi) is 4.61. The minimum atomic E-state index is -0.256. The normalized spacial score (nSPS) is 10.6. The summed E-state index contributed by atoms with van der Waals surface area (Å²) in [4.78, 5) is 21.4. The lowest BCUT2D eigenvalue weighted by Gasteiger charge is -2.03. The number of hydrogen-bond acceptors (Lipinski definition) is 4. The molecule has 1 amide bonds. The van der Waals surface area contributed by atoms with Gasteiger partial charge in [-0.05, 0) is 31.2 Å². The van der Waals surface area contributed by atoms with Gasteiger partial charge in [-0.1, -0.05) is 35.3 Å². The Morgan fingerprint density at radius 2 is 1.87 bits per heavy atom. The topological polar surface area (TPSA) is 54.9 Å². The average Bonchev–Trinajstić information content (AvgIpc) is 2.90. The van der Waals surface area contributed by atoms with Crippen LogP contribution in [0.15, 0.2) is 42.6 Å². The molecule has 0 bridgehead atoms. The van der Waals surface area contributed by atoms with Gasteiger partial charge >= 0.3 is 0 Å². The largest absolute Gasteiger partial charge is 0.306 e. The summed E-state index contributed by atoms with van der Waals surface area (Å²) in [5.74, 6) is 0.232. The molecule has 0 spiro atoms. The first-order valence-electron chi connectivity index (χ1n) is 6.70. The Hall–Kier alpha value is -1.95. The van der Waals surface area contributed by atoms with Crippen LogP contribution in [0.25, 0.3) is 10.6 Å². The Balaban J connectivity index is 1.94. The fourth-order valence-electron chi connectivity index (χ4n) is 2.03. The van der Waals surface area contributed by atoms with Crippen LogP contribution in [-0.2, 0) is 0 Å². The van der Waals surface area contributed by atoms with E-state index in [1.165, 1.54) is 11.3 Å². The van der Waals surface area contributed by atoms with E-state index < -0.39 is 0 Å². The molecule has 0 aliphatic carbocycles. The molecule has 2 aromatic heterocycles. The number of anilines is 1. The number of hydrogen-bond donors (Lipinski definition) is 1. The first-order chi connectivity index (χ1) is 11.1. The van der Waals surface area contributed by atoms with Gasteiger partial charge in [0.15, 0.2) is 0 Å². The zero-order chi connectivity index (χ0) is 16.4. The molecule has 0 radical (unpaired) electrons. The molecule has 1 aromatic carbocycles. The zero-order valence-corrected chi connectivity index (χ0v) is 14.3. The van der Waals surface area contributed by atoms with E-state index in [0.717, 1.165) is 0 Å². The summed E-state index contributed by atoms with van der Waals surface area (Å²) in [6.45, 7) is 1.78. The molecule has 0 aliphatic rings. The summed E-state index contributed by atoms with van der Waals surface area (Å²) in [5, 5.41) is 4.37. The summed E-state index contributed by atoms with van der Waals surface area (Å²) in [5.41, 5.74) is 1.26. The van der Waals surface area contributed by atoms with Gasteiger partial charge in [-0.3, -0.25) is 4.79 Å². The minimum absolute atomic E-state index is 0.256. The number of aryl methyl sites for hydroxylation is 1. The van der Waals surface area contributed by atoms with Gasteiger partial charge in [0.25, 0.3) is 5.91 Å². The highest BCUT2D eigenvalue weighted by molar-refractivity contribution is 7.17. The molecular formula is C16H11Cl2N3OS. The molecule has 4 nitrogen and oxygen atoms in total. The number of halogens is 2. The average molecular weight is 364 g/mol. The summed E-state index contributed by atoms with van der Waals surface area (Å²) >= 11 is 13.7. The quantitative estimate of drug-likeness (QED) is 0.706. The van der Waals surface area contributed by atoms with Gasteiger partial charge in [0, 0.05) is 11.8 Å². The fourth-order valence-corrected chi connectivity index (χ4v) is 3.75. The van der Waals surface area contributed by atoms with Crippen LogP contribution in [0.2, 0.25) is 10.0 Å². The van der Waals surface area contributed by atoms with Gasteiger partial charge < -0.3 is 5.32 Å². The maximum Gasteiger partial charge on any atom is 0.268 e. The highest BCUT2D eigenvalue weighted by Crippen LogP contribution is 2.37. The van der Waals surface area contributed by atoms with Crippen molar-refractivity contribution in [2.45, 2.75) is 6.92 Å². The molecule has 1 N–H and O–H groups in total. The molecule has 0 saturated carbocycles. The van der Waals surface area contributed by atoms with Crippen molar-refractivity contribution in [1.29, 1.82) is 0 Å². The number of nitrogens with zero attached hydrogens (tertiary/aromatic N) is 2. The minimum Gasteiger partial charge on any atom is -0.306 e. The molecule has 116 valence electrons. The van der Waals surface area contributed by atoms with Crippen molar-refractivity contribution < 1.29 is 4.79 Å². The monoisotopic (exact) mass is 363 g/mol. The molecule has 0 atom stereocenters. The molecule has 0 unspecified atom stereocenters. The first kappa shape index (κ1) is 15.9. The Bertz CT molecular complexity index is 845. The summed E-state index contributed by atoms with van der Waals surface area (Å²) in [6, 6.07) is 10.6. The van der Waals surface area contributed by atoms with Crippen molar-refractivity contribution in [2.75, 3.05) is 5.32 Å². The number of benzene rings is 1. The first-order valence-corrected chi connectivity index (χ1v) is 8.27. The van der Waals surface area contributed by atoms with Crippen LogP contribution in [0, 0.1) is 6.92 Å². The van der Waals surface area contributed by atoms with Gasteiger partial charge in [0.05, 0.1) is 15.7 Å². The number of carbonyl (C=O) groups excluding carboxylic acids is 1. The van der Waals surface area contributed by atoms with Crippen molar-refractivity contribution >= 4 is 46.3 Å². The van der Waals surface area contributed by atoms with E-state index in [-0.39, 0.29) is 5.91 Å². The Morgan fingerprint density at radius 3 is 2.52 bits per heavy atom. The van der Waals surface area contributed by atoms with E-state index in [2.05, 4.69) is 15.3 Å². The van der Waals surface area contributed by atoms with Crippen LogP contribution in [-0.4, -0.2) is 15.9 Å². The molecule has 2 heterocycles. The van der Waals surface area contributed by atoms with Crippen LogP contribution in [0.1, 0.15) is 15.4 Å². The van der Waals surface area contributed by atoms with E-state index in [9.17, 15) is 4.79 Å². The van der Waals surface area contributed by atoms with Gasteiger partial charge in [0.2, 0.25) is 0 Å². The maximum absolute atomic E-state index is 12.4. The molecule has 3 aromatic rings. The van der Waals surface area contributed by atoms with Crippen LogP contribution in [0.3, 0.4) is 0 Å². The number of aromatic nitrogens is 2. The van der Waals surface area contributed by atoms with Gasteiger partial charge in [-0.15, -0.1) is 11.3 Å². The molecular weight excluding hydrogens is 353 g/mol. The lowest BCUT2D eigenvalue weighted by molar-refractivity contribution is 0.102. The second-order valence-corrected chi connectivity index (χ2v) is 6.51. The number of rotatable bonds is 3. The lowest BCUT2D eigenvalue weighted by Crippen LogP contribution is -2.12.